The first-order valence-electron chi connectivity index (χ1n) is 7.15. The second kappa shape index (κ2) is 7.78. The predicted molar refractivity (Wildman–Crippen MR) is 90.8 cm³/mol. The Morgan fingerprint density at radius 2 is 1.87 bits per heavy atom. The second-order valence-electron chi connectivity index (χ2n) is 4.95. The van der Waals surface area contributed by atoms with Crippen LogP contribution in [0, 0.1) is 6.92 Å². The molecule has 1 aromatic heterocycles. The molecule has 0 aliphatic rings. The van der Waals surface area contributed by atoms with Crippen molar-refractivity contribution in [2.24, 2.45) is 0 Å². The quantitative estimate of drug-likeness (QED) is 0.785. The Morgan fingerprint density at radius 3 is 2.48 bits per heavy atom. The van der Waals surface area contributed by atoms with Crippen LogP contribution in [-0.2, 0) is 4.79 Å². The topological polar surface area (TPSA) is 64.6 Å². The van der Waals surface area contributed by atoms with Crippen molar-refractivity contribution >= 4 is 28.7 Å². The van der Waals surface area contributed by atoms with E-state index in [0.29, 0.717) is 22.1 Å². The fraction of sp³-hybridized carbons (Fsp3) is 0.294. The van der Waals surface area contributed by atoms with E-state index in [2.05, 4.69) is 5.32 Å². The van der Waals surface area contributed by atoms with Crippen molar-refractivity contribution in [2.45, 2.75) is 19.8 Å². The summed E-state index contributed by atoms with van der Waals surface area (Å²) in [5.41, 5.74) is 0.524. The number of ketones is 1. The van der Waals surface area contributed by atoms with E-state index in [9.17, 15) is 9.59 Å². The summed E-state index contributed by atoms with van der Waals surface area (Å²) in [4.78, 5) is 25.9. The first-order valence-corrected chi connectivity index (χ1v) is 7.96. The molecule has 5 nitrogen and oxygen atoms in total. The van der Waals surface area contributed by atoms with E-state index in [4.69, 9.17) is 9.47 Å². The van der Waals surface area contributed by atoms with Crippen LogP contribution in [0.15, 0.2) is 30.3 Å². The summed E-state index contributed by atoms with van der Waals surface area (Å²) in [6, 6.07) is 8.84. The molecule has 1 N–H and O–H groups in total. The van der Waals surface area contributed by atoms with E-state index >= 15 is 0 Å². The van der Waals surface area contributed by atoms with E-state index in [0.717, 1.165) is 4.88 Å². The lowest BCUT2D eigenvalue weighted by atomic mass is 10.2. The van der Waals surface area contributed by atoms with Gasteiger partial charge in [0.2, 0.25) is 5.91 Å². The van der Waals surface area contributed by atoms with Gasteiger partial charge in [-0.3, -0.25) is 9.59 Å². The van der Waals surface area contributed by atoms with E-state index in [1.165, 1.54) is 18.4 Å². The molecule has 1 aromatic carbocycles. The zero-order valence-corrected chi connectivity index (χ0v) is 14.2. The van der Waals surface area contributed by atoms with Crippen LogP contribution in [0.3, 0.4) is 0 Å². The van der Waals surface area contributed by atoms with Gasteiger partial charge in [-0.2, -0.15) is 0 Å². The van der Waals surface area contributed by atoms with Gasteiger partial charge in [0.1, 0.15) is 11.5 Å². The van der Waals surface area contributed by atoms with Crippen LogP contribution in [0.25, 0.3) is 0 Å². The Balaban J connectivity index is 1.95. The van der Waals surface area contributed by atoms with Crippen molar-refractivity contribution in [3.05, 3.63) is 40.1 Å². The highest BCUT2D eigenvalue weighted by atomic mass is 32.1. The molecule has 6 heteroatoms. The number of anilines is 1. The van der Waals surface area contributed by atoms with Gasteiger partial charge >= 0.3 is 0 Å². The molecule has 1 amide bonds. The molecule has 2 rings (SSSR count). The first-order chi connectivity index (χ1) is 11.0. The highest BCUT2D eigenvalue weighted by molar-refractivity contribution is 7.14. The van der Waals surface area contributed by atoms with Crippen LogP contribution >= 0.6 is 11.3 Å². The number of rotatable bonds is 7. The average Bonchev–Trinajstić information content (AvgIpc) is 2.99. The maximum atomic E-state index is 12.1. The molecule has 0 spiro atoms. The Bertz CT molecular complexity index is 708. The van der Waals surface area contributed by atoms with E-state index in [-0.39, 0.29) is 24.5 Å². The summed E-state index contributed by atoms with van der Waals surface area (Å²) >= 11 is 1.44. The maximum absolute atomic E-state index is 12.1. The van der Waals surface area contributed by atoms with E-state index in [1.54, 1.807) is 31.4 Å². The number of hydrogen-bond acceptors (Lipinski definition) is 5. The molecule has 0 atom stereocenters. The number of aryl methyl sites for hydroxylation is 1. The van der Waals surface area contributed by atoms with Crippen LogP contribution in [0.4, 0.5) is 5.69 Å². The van der Waals surface area contributed by atoms with E-state index < -0.39 is 0 Å². The van der Waals surface area contributed by atoms with Crippen LogP contribution in [0.5, 0.6) is 11.5 Å². The zero-order chi connectivity index (χ0) is 16.8. The standard InChI is InChI=1S/C17H19NO4S/c1-11-4-8-16(23-11)14(19)6-9-17(20)18-13-10-12(21-2)5-7-15(13)22-3/h4-5,7-8,10H,6,9H2,1-3H3,(H,18,20). The van der Waals surface area contributed by atoms with Gasteiger partial charge in [0.15, 0.2) is 5.78 Å². The monoisotopic (exact) mass is 333 g/mol. The number of Topliss-reactive ketones (excluding diaryl/α,β-unsaturated/α-hetero) is 1. The van der Waals surface area contributed by atoms with Crippen molar-refractivity contribution in [1.29, 1.82) is 0 Å². The van der Waals surface area contributed by atoms with Crippen molar-refractivity contribution < 1.29 is 19.1 Å². The fourth-order valence-electron chi connectivity index (χ4n) is 2.06. The minimum atomic E-state index is -0.238. The number of methoxy groups -OCH3 is 2. The number of nitrogens with one attached hydrogen (secondary N) is 1. The Morgan fingerprint density at radius 1 is 1.09 bits per heavy atom. The van der Waals surface area contributed by atoms with Gasteiger partial charge in [-0.05, 0) is 31.2 Å². The molecule has 0 aliphatic carbocycles. The summed E-state index contributed by atoms with van der Waals surface area (Å²) in [5.74, 6) is 0.902. The summed E-state index contributed by atoms with van der Waals surface area (Å²) in [5, 5.41) is 2.76. The average molecular weight is 333 g/mol. The molecule has 0 fully saturated rings. The first kappa shape index (κ1) is 17.0. The van der Waals surface area contributed by atoms with Crippen molar-refractivity contribution in [3.63, 3.8) is 0 Å². The molecule has 0 radical (unpaired) electrons. The van der Waals surface area contributed by atoms with Gasteiger partial charge in [-0.15, -0.1) is 11.3 Å². The SMILES string of the molecule is COc1ccc(OC)c(NC(=O)CCC(=O)c2ccc(C)s2)c1. The van der Waals surface area contributed by atoms with Gasteiger partial charge < -0.3 is 14.8 Å². The molecule has 0 saturated heterocycles. The number of thiophene rings is 1. The number of amides is 1. The van der Waals surface area contributed by atoms with Crippen LogP contribution in [-0.4, -0.2) is 25.9 Å². The zero-order valence-electron chi connectivity index (χ0n) is 13.3. The summed E-state index contributed by atoms with van der Waals surface area (Å²) in [7, 11) is 3.08. The third-order valence-electron chi connectivity index (χ3n) is 3.28. The molecule has 122 valence electrons. The Labute approximate surface area is 139 Å². The van der Waals surface area contributed by atoms with Gasteiger partial charge in [0.05, 0.1) is 24.8 Å². The molecule has 2 aromatic rings. The lowest BCUT2D eigenvalue weighted by Gasteiger charge is -2.11. The van der Waals surface area contributed by atoms with Crippen molar-refractivity contribution in [1.82, 2.24) is 0 Å². The molecular weight excluding hydrogens is 314 g/mol. The van der Waals surface area contributed by atoms with Crippen molar-refractivity contribution in [2.75, 3.05) is 19.5 Å². The highest BCUT2D eigenvalue weighted by Gasteiger charge is 2.13. The summed E-state index contributed by atoms with van der Waals surface area (Å²) in [6.07, 6.45) is 0.300. The van der Waals surface area contributed by atoms with Gasteiger partial charge in [-0.1, -0.05) is 0 Å². The number of benzene rings is 1. The fourth-order valence-corrected chi connectivity index (χ4v) is 2.89. The maximum Gasteiger partial charge on any atom is 0.224 e. The molecule has 0 unspecified atom stereocenters. The van der Waals surface area contributed by atoms with E-state index in [1.807, 2.05) is 13.0 Å². The van der Waals surface area contributed by atoms with Crippen LogP contribution in [0.2, 0.25) is 0 Å². The largest absolute Gasteiger partial charge is 0.497 e. The predicted octanol–water partition coefficient (Wildman–Crippen LogP) is 3.68. The number of hydrogen-bond donors (Lipinski definition) is 1. The molecule has 0 aliphatic heterocycles. The number of carbonyl (C=O) groups is 2. The minimum Gasteiger partial charge on any atom is -0.497 e. The second-order valence-corrected chi connectivity index (χ2v) is 6.24. The Kier molecular flexibility index (Phi) is 5.76. The minimum absolute atomic E-state index is 0.0177. The molecule has 0 saturated carbocycles. The van der Waals surface area contributed by atoms with Crippen LogP contribution < -0.4 is 14.8 Å². The third kappa shape index (κ3) is 4.56. The lowest BCUT2D eigenvalue weighted by Crippen LogP contribution is -2.14. The van der Waals surface area contributed by atoms with Gasteiger partial charge in [-0.25, -0.2) is 0 Å². The number of ether oxygens (including phenoxy) is 2. The normalized spacial score (nSPS) is 10.2. The van der Waals surface area contributed by atoms with Gasteiger partial charge in [0, 0.05) is 23.8 Å². The molecule has 1 heterocycles. The lowest BCUT2D eigenvalue weighted by molar-refractivity contribution is -0.116. The number of carbonyl (C=O) groups excluding carboxylic acids is 2. The van der Waals surface area contributed by atoms with Gasteiger partial charge in [0.25, 0.3) is 0 Å². The molecule has 23 heavy (non-hydrogen) atoms. The third-order valence-corrected chi connectivity index (χ3v) is 4.32. The summed E-state index contributed by atoms with van der Waals surface area (Å²) in [6.45, 7) is 1.95. The van der Waals surface area contributed by atoms with Crippen molar-refractivity contribution in [3.8, 4) is 11.5 Å². The highest BCUT2D eigenvalue weighted by Crippen LogP contribution is 2.29. The van der Waals surface area contributed by atoms with Crippen LogP contribution in [0.1, 0.15) is 27.4 Å². The summed E-state index contributed by atoms with van der Waals surface area (Å²) < 4.78 is 10.3. The molecular formula is C17H19NO4S. The smallest absolute Gasteiger partial charge is 0.224 e. The Hall–Kier alpha value is -2.34. The molecule has 0 bridgehead atoms.